The predicted molar refractivity (Wildman–Crippen MR) is 107 cm³/mol. The maximum Gasteiger partial charge on any atom is 0.320 e. The molecule has 29 heavy (non-hydrogen) atoms. The number of ketones is 2. The van der Waals surface area contributed by atoms with Gasteiger partial charge in [-0.15, -0.1) is 0 Å². The number of carbonyl (C=O) groups is 4. The van der Waals surface area contributed by atoms with Crippen molar-refractivity contribution in [2.75, 3.05) is 11.9 Å². The molecule has 0 bridgehead atoms. The third-order valence-corrected chi connectivity index (χ3v) is 4.74. The lowest BCUT2D eigenvalue weighted by Crippen LogP contribution is -2.42. The van der Waals surface area contributed by atoms with Crippen molar-refractivity contribution in [3.05, 3.63) is 64.7 Å². The Balaban J connectivity index is 1.80. The molecule has 7 heteroatoms. The first-order chi connectivity index (χ1) is 13.8. The molecule has 2 aromatic rings. The Kier molecular flexibility index (Phi) is 5.89. The predicted octanol–water partition coefficient (Wildman–Crippen LogP) is 2.49. The summed E-state index contributed by atoms with van der Waals surface area (Å²) in [6.45, 7) is 3.56. The number of aliphatic carboxylic acids is 1. The molecule has 0 fully saturated rings. The van der Waals surface area contributed by atoms with Crippen molar-refractivity contribution in [1.82, 2.24) is 5.32 Å². The molecule has 150 valence electrons. The Labute approximate surface area is 168 Å². The monoisotopic (exact) mass is 394 g/mol. The highest BCUT2D eigenvalue weighted by Gasteiger charge is 2.31. The van der Waals surface area contributed by atoms with E-state index in [1.54, 1.807) is 42.5 Å². The lowest BCUT2D eigenvalue weighted by atomic mass is 9.83. The molecule has 1 aliphatic carbocycles. The van der Waals surface area contributed by atoms with Crippen molar-refractivity contribution in [3.63, 3.8) is 0 Å². The zero-order chi connectivity index (χ0) is 21.1. The Morgan fingerprint density at radius 2 is 1.55 bits per heavy atom. The van der Waals surface area contributed by atoms with E-state index in [1.165, 1.54) is 0 Å². The molecule has 3 rings (SSSR count). The summed E-state index contributed by atoms with van der Waals surface area (Å²) < 4.78 is 0. The molecule has 0 aromatic heterocycles. The van der Waals surface area contributed by atoms with Gasteiger partial charge in [0, 0.05) is 16.7 Å². The zero-order valence-corrected chi connectivity index (χ0v) is 16.2. The number of rotatable bonds is 7. The van der Waals surface area contributed by atoms with Gasteiger partial charge in [-0.1, -0.05) is 50.2 Å². The smallest absolute Gasteiger partial charge is 0.320 e. The first kappa shape index (κ1) is 20.4. The van der Waals surface area contributed by atoms with Crippen molar-refractivity contribution in [1.29, 1.82) is 0 Å². The number of carboxylic acid groups (broad SMARTS) is 1. The van der Waals surface area contributed by atoms with Crippen molar-refractivity contribution in [3.8, 4) is 0 Å². The summed E-state index contributed by atoms with van der Waals surface area (Å²) in [5, 5.41) is 14.6. The average molecular weight is 394 g/mol. The summed E-state index contributed by atoms with van der Waals surface area (Å²) >= 11 is 0. The van der Waals surface area contributed by atoms with E-state index >= 15 is 0 Å². The number of amides is 1. The van der Waals surface area contributed by atoms with E-state index in [-0.39, 0.29) is 40.8 Å². The van der Waals surface area contributed by atoms with Crippen LogP contribution in [-0.2, 0) is 9.59 Å². The van der Waals surface area contributed by atoms with Gasteiger partial charge in [-0.3, -0.25) is 24.5 Å². The minimum Gasteiger partial charge on any atom is -0.480 e. The number of nitrogens with one attached hydrogen (secondary N) is 2. The number of fused-ring (bicyclic) bond motifs is 2. The highest BCUT2D eigenvalue weighted by molar-refractivity contribution is 6.30. The molecule has 0 saturated heterocycles. The number of anilines is 1. The maximum atomic E-state index is 12.9. The third-order valence-electron chi connectivity index (χ3n) is 4.74. The molecule has 1 aliphatic rings. The number of hydrogen-bond donors (Lipinski definition) is 3. The van der Waals surface area contributed by atoms with Gasteiger partial charge in [0.2, 0.25) is 5.91 Å². The Morgan fingerprint density at radius 1 is 0.931 bits per heavy atom. The van der Waals surface area contributed by atoms with Crippen LogP contribution in [-0.4, -0.2) is 41.1 Å². The Hall–Kier alpha value is -3.32. The molecule has 1 unspecified atom stereocenters. The van der Waals surface area contributed by atoms with Gasteiger partial charge < -0.3 is 10.4 Å². The van der Waals surface area contributed by atoms with Crippen molar-refractivity contribution < 1.29 is 24.3 Å². The van der Waals surface area contributed by atoms with Gasteiger partial charge in [0.15, 0.2) is 11.6 Å². The van der Waals surface area contributed by atoms with Crippen molar-refractivity contribution in [2.24, 2.45) is 5.92 Å². The SMILES string of the molecule is CC(C)CC(NCC(=O)Nc1cccc2c1C(=O)c1ccccc1C2=O)C(=O)O. The summed E-state index contributed by atoms with van der Waals surface area (Å²) in [6, 6.07) is 10.4. The van der Waals surface area contributed by atoms with Crippen LogP contribution in [0.15, 0.2) is 42.5 Å². The van der Waals surface area contributed by atoms with Crippen LogP contribution in [0.1, 0.15) is 52.1 Å². The molecule has 2 aromatic carbocycles. The summed E-state index contributed by atoms with van der Waals surface area (Å²) in [6.07, 6.45) is 0.382. The largest absolute Gasteiger partial charge is 0.480 e. The van der Waals surface area contributed by atoms with Crippen LogP contribution in [0.2, 0.25) is 0 Å². The molecular formula is C22H22N2O5. The quantitative estimate of drug-likeness (QED) is 0.568. The maximum absolute atomic E-state index is 12.9. The van der Waals surface area contributed by atoms with Gasteiger partial charge in [0.05, 0.1) is 17.8 Å². The fourth-order valence-corrected chi connectivity index (χ4v) is 3.40. The summed E-state index contributed by atoms with van der Waals surface area (Å²) in [7, 11) is 0. The van der Waals surface area contributed by atoms with Gasteiger partial charge in [-0.25, -0.2) is 0 Å². The lowest BCUT2D eigenvalue weighted by molar-refractivity contribution is -0.139. The average Bonchev–Trinajstić information content (AvgIpc) is 2.68. The first-order valence-corrected chi connectivity index (χ1v) is 9.37. The van der Waals surface area contributed by atoms with E-state index in [4.69, 9.17) is 0 Å². The zero-order valence-electron chi connectivity index (χ0n) is 16.2. The van der Waals surface area contributed by atoms with Crippen LogP contribution >= 0.6 is 0 Å². The first-order valence-electron chi connectivity index (χ1n) is 9.37. The summed E-state index contributed by atoms with van der Waals surface area (Å²) in [5.74, 6) is -1.97. The second kappa shape index (κ2) is 8.36. The van der Waals surface area contributed by atoms with Crippen LogP contribution in [0.5, 0.6) is 0 Å². The molecule has 0 radical (unpaired) electrons. The van der Waals surface area contributed by atoms with E-state index in [0.717, 1.165) is 0 Å². The molecule has 0 heterocycles. The highest BCUT2D eigenvalue weighted by atomic mass is 16.4. The number of hydrogen-bond acceptors (Lipinski definition) is 5. The number of carboxylic acids is 1. The third kappa shape index (κ3) is 4.25. The van der Waals surface area contributed by atoms with Gasteiger partial charge in [-0.05, 0) is 18.4 Å². The minimum absolute atomic E-state index is 0.150. The molecular weight excluding hydrogens is 372 g/mol. The van der Waals surface area contributed by atoms with E-state index in [1.807, 2.05) is 13.8 Å². The van der Waals surface area contributed by atoms with Crippen LogP contribution in [0.25, 0.3) is 0 Å². The number of benzene rings is 2. The van der Waals surface area contributed by atoms with E-state index in [9.17, 15) is 24.3 Å². The molecule has 1 amide bonds. The molecule has 0 saturated carbocycles. The normalized spacial score (nSPS) is 13.6. The van der Waals surface area contributed by atoms with Crippen molar-refractivity contribution >= 4 is 29.1 Å². The second-order valence-electron chi connectivity index (χ2n) is 7.38. The Morgan fingerprint density at radius 3 is 2.17 bits per heavy atom. The fraction of sp³-hybridized carbons (Fsp3) is 0.273. The standard InChI is InChI=1S/C22H22N2O5/c1-12(2)10-17(22(28)29)23-11-18(25)24-16-9-5-8-15-19(16)21(27)14-7-4-3-6-13(14)20(15)26/h3-9,12,17,23H,10-11H2,1-2H3,(H,24,25)(H,28,29). The van der Waals surface area contributed by atoms with E-state index in [2.05, 4.69) is 10.6 Å². The molecule has 0 aliphatic heterocycles. The molecule has 3 N–H and O–H groups in total. The van der Waals surface area contributed by atoms with Gasteiger partial charge in [0.1, 0.15) is 6.04 Å². The van der Waals surface area contributed by atoms with Gasteiger partial charge >= 0.3 is 5.97 Å². The molecule has 7 nitrogen and oxygen atoms in total. The van der Waals surface area contributed by atoms with Crippen molar-refractivity contribution in [2.45, 2.75) is 26.3 Å². The topological polar surface area (TPSA) is 113 Å². The Bertz CT molecular complexity index is 996. The van der Waals surface area contributed by atoms with Gasteiger partial charge in [-0.2, -0.15) is 0 Å². The van der Waals surface area contributed by atoms with Crippen LogP contribution in [0.4, 0.5) is 5.69 Å². The van der Waals surface area contributed by atoms with Crippen LogP contribution < -0.4 is 10.6 Å². The van der Waals surface area contributed by atoms with Crippen LogP contribution in [0.3, 0.4) is 0 Å². The highest BCUT2D eigenvalue weighted by Crippen LogP contribution is 2.31. The lowest BCUT2D eigenvalue weighted by Gasteiger charge is -2.21. The fourth-order valence-electron chi connectivity index (χ4n) is 3.40. The summed E-state index contributed by atoms with van der Waals surface area (Å²) in [4.78, 5) is 49.4. The van der Waals surface area contributed by atoms with E-state index in [0.29, 0.717) is 17.5 Å². The second-order valence-corrected chi connectivity index (χ2v) is 7.38. The van der Waals surface area contributed by atoms with Crippen LogP contribution in [0, 0.1) is 5.92 Å². The minimum atomic E-state index is -1.03. The van der Waals surface area contributed by atoms with Gasteiger partial charge in [0.25, 0.3) is 0 Å². The number of carbonyl (C=O) groups excluding carboxylic acids is 3. The summed E-state index contributed by atoms with van der Waals surface area (Å²) in [5.41, 5.74) is 1.27. The van der Waals surface area contributed by atoms with E-state index < -0.39 is 17.9 Å². The molecule has 0 spiro atoms. The molecule has 1 atom stereocenters.